The number of carbonyl (C=O) groups is 1. The lowest BCUT2D eigenvalue weighted by atomic mass is 10.1. The van der Waals surface area contributed by atoms with Crippen molar-refractivity contribution in [3.8, 4) is 0 Å². The first-order chi connectivity index (χ1) is 11.5. The molecule has 0 aliphatic rings. The minimum atomic E-state index is -0.0349. The molecule has 7 nitrogen and oxygen atoms in total. The maximum Gasteiger partial charge on any atom is 0.220 e. The van der Waals surface area contributed by atoms with Gasteiger partial charge in [0.25, 0.3) is 0 Å². The fourth-order valence-corrected chi connectivity index (χ4v) is 2.80. The molecule has 0 saturated carbocycles. The molecule has 3 rings (SSSR count). The van der Waals surface area contributed by atoms with E-state index in [0.29, 0.717) is 19.4 Å². The minimum Gasteiger partial charge on any atom is -0.361 e. The molecule has 7 heteroatoms. The molecule has 2 aromatic heterocycles. The van der Waals surface area contributed by atoms with Crippen LogP contribution in [0.4, 0.5) is 0 Å². The molecule has 0 radical (unpaired) electrons. The van der Waals surface area contributed by atoms with Gasteiger partial charge in [-0.1, -0.05) is 22.5 Å². The molecule has 0 saturated heterocycles. The summed E-state index contributed by atoms with van der Waals surface area (Å²) in [5.41, 5.74) is 3.69. The summed E-state index contributed by atoms with van der Waals surface area (Å²) in [6.07, 6.45) is 1.04. The normalized spacial score (nSPS) is 12.5. The van der Waals surface area contributed by atoms with Gasteiger partial charge in [-0.05, 0) is 39.3 Å². The van der Waals surface area contributed by atoms with Crippen molar-refractivity contribution < 1.29 is 9.32 Å². The summed E-state index contributed by atoms with van der Waals surface area (Å²) >= 11 is 0. The first-order valence-electron chi connectivity index (χ1n) is 8.04. The number of aromatic nitrogens is 4. The molecule has 2 heterocycles. The molecular weight excluding hydrogens is 306 g/mol. The second-order valence-corrected chi connectivity index (χ2v) is 6.03. The topological polar surface area (TPSA) is 85.8 Å². The van der Waals surface area contributed by atoms with Crippen molar-refractivity contribution in [1.82, 2.24) is 25.5 Å². The molecule has 0 aliphatic heterocycles. The maximum absolute atomic E-state index is 12.2. The van der Waals surface area contributed by atoms with E-state index in [4.69, 9.17) is 4.52 Å². The van der Waals surface area contributed by atoms with Gasteiger partial charge in [0.05, 0.1) is 17.8 Å². The number of rotatable bonds is 6. The number of aryl methyl sites for hydroxylation is 2. The van der Waals surface area contributed by atoms with Crippen LogP contribution in [0.1, 0.15) is 30.4 Å². The Kier molecular flexibility index (Phi) is 4.59. The zero-order chi connectivity index (χ0) is 17.1. The van der Waals surface area contributed by atoms with Crippen LogP contribution in [-0.2, 0) is 17.8 Å². The van der Waals surface area contributed by atoms with E-state index in [1.807, 2.05) is 49.7 Å². The van der Waals surface area contributed by atoms with Crippen LogP contribution in [0.5, 0.6) is 0 Å². The van der Waals surface area contributed by atoms with Gasteiger partial charge < -0.3 is 9.84 Å². The number of benzene rings is 1. The highest BCUT2D eigenvalue weighted by molar-refractivity contribution is 5.76. The van der Waals surface area contributed by atoms with Gasteiger partial charge in [0.1, 0.15) is 11.3 Å². The Bertz CT molecular complexity index is 832. The Labute approximate surface area is 140 Å². The highest BCUT2D eigenvalue weighted by atomic mass is 16.5. The van der Waals surface area contributed by atoms with E-state index in [9.17, 15) is 4.79 Å². The van der Waals surface area contributed by atoms with Crippen molar-refractivity contribution in [3.05, 3.63) is 41.3 Å². The Hall–Kier alpha value is -2.70. The smallest absolute Gasteiger partial charge is 0.220 e. The van der Waals surface area contributed by atoms with E-state index in [-0.39, 0.29) is 11.9 Å². The van der Waals surface area contributed by atoms with Gasteiger partial charge in [-0.15, -0.1) is 5.10 Å². The first-order valence-corrected chi connectivity index (χ1v) is 8.04. The number of para-hydroxylation sites is 1. The van der Waals surface area contributed by atoms with Crippen LogP contribution in [0.2, 0.25) is 0 Å². The van der Waals surface area contributed by atoms with E-state index < -0.39 is 0 Å². The quantitative estimate of drug-likeness (QED) is 0.750. The van der Waals surface area contributed by atoms with Crippen LogP contribution in [-0.4, -0.2) is 32.1 Å². The number of hydrogen-bond acceptors (Lipinski definition) is 5. The molecule has 1 N–H and O–H groups in total. The molecule has 1 amide bonds. The van der Waals surface area contributed by atoms with Crippen LogP contribution < -0.4 is 5.32 Å². The fraction of sp³-hybridized carbons (Fsp3) is 0.412. The Balaban J connectivity index is 1.54. The van der Waals surface area contributed by atoms with Gasteiger partial charge >= 0.3 is 0 Å². The monoisotopic (exact) mass is 327 g/mol. The molecule has 0 unspecified atom stereocenters. The molecule has 3 aromatic rings. The fourth-order valence-electron chi connectivity index (χ4n) is 2.80. The third kappa shape index (κ3) is 3.45. The Morgan fingerprint density at radius 1 is 1.33 bits per heavy atom. The molecule has 0 spiro atoms. The average Bonchev–Trinajstić information content (AvgIpc) is 3.10. The summed E-state index contributed by atoms with van der Waals surface area (Å²) in [4.78, 5) is 12.2. The van der Waals surface area contributed by atoms with Crippen molar-refractivity contribution in [2.45, 2.75) is 46.2 Å². The molecule has 24 heavy (non-hydrogen) atoms. The number of nitrogens with zero attached hydrogens (tertiary/aromatic N) is 4. The lowest BCUT2D eigenvalue weighted by Gasteiger charge is -2.14. The molecule has 1 atom stereocenters. The zero-order valence-electron chi connectivity index (χ0n) is 14.1. The van der Waals surface area contributed by atoms with Crippen molar-refractivity contribution in [2.24, 2.45) is 0 Å². The molecule has 0 fully saturated rings. The summed E-state index contributed by atoms with van der Waals surface area (Å²) < 4.78 is 6.93. The highest BCUT2D eigenvalue weighted by Gasteiger charge is 2.14. The second kappa shape index (κ2) is 6.82. The minimum absolute atomic E-state index is 0.00641. The van der Waals surface area contributed by atoms with Gasteiger partial charge in [0, 0.05) is 18.0 Å². The van der Waals surface area contributed by atoms with Crippen LogP contribution in [0.3, 0.4) is 0 Å². The van der Waals surface area contributed by atoms with Gasteiger partial charge in [-0.25, -0.2) is 4.68 Å². The predicted octanol–water partition coefficient (Wildman–Crippen LogP) is 2.17. The standard InChI is InChI=1S/C17H21N5O2/c1-11(10-22-16-7-5-4-6-15(16)19-21-22)18-17(23)9-8-14-12(2)20-24-13(14)3/h4-7,11H,8-10H2,1-3H3,(H,18,23)/t11-/m1/s1. The summed E-state index contributed by atoms with van der Waals surface area (Å²) in [6.45, 7) is 6.30. The largest absolute Gasteiger partial charge is 0.361 e. The van der Waals surface area contributed by atoms with E-state index in [0.717, 1.165) is 28.1 Å². The van der Waals surface area contributed by atoms with Crippen LogP contribution in [0.15, 0.2) is 28.8 Å². The van der Waals surface area contributed by atoms with E-state index in [2.05, 4.69) is 20.8 Å². The SMILES string of the molecule is Cc1noc(C)c1CCC(=O)N[C@H](C)Cn1nnc2ccccc21. The Morgan fingerprint density at radius 3 is 2.88 bits per heavy atom. The van der Waals surface area contributed by atoms with Crippen LogP contribution >= 0.6 is 0 Å². The number of fused-ring (bicyclic) bond motifs is 1. The van der Waals surface area contributed by atoms with Gasteiger partial charge in [0.2, 0.25) is 5.91 Å². The lowest BCUT2D eigenvalue weighted by Crippen LogP contribution is -2.36. The third-order valence-corrected chi connectivity index (χ3v) is 4.06. The summed E-state index contributed by atoms with van der Waals surface area (Å²) in [6, 6.07) is 7.75. The summed E-state index contributed by atoms with van der Waals surface area (Å²) in [7, 11) is 0. The van der Waals surface area contributed by atoms with Crippen molar-refractivity contribution >= 4 is 16.9 Å². The number of nitrogens with one attached hydrogen (secondary N) is 1. The van der Waals surface area contributed by atoms with Gasteiger partial charge in [-0.3, -0.25) is 4.79 Å². The third-order valence-electron chi connectivity index (χ3n) is 4.06. The predicted molar refractivity (Wildman–Crippen MR) is 89.4 cm³/mol. The first kappa shape index (κ1) is 16.2. The molecule has 1 aromatic carbocycles. The second-order valence-electron chi connectivity index (χ2n) is 6.03. The maximum atomic E-state index is 12.2. The summed E-state index contributed by atoms with van der Waals surface area (Å²) in [5.74, 6) is 0.786. The molecular formula is C17H21N5O2. The summed E-state index contributed by atoms with van der Waals surface area (Å²) in [5, 5.41) is 15.2. The number of hydrogen-bond donors (Lipinski definition) is 1. The molecule has 126 valence electrons. The highest BCUT2D eigenvalue weighted by Crippen LogP contribution is 2.14. The lowest BCUT2D eigenvalue weighted by molar-refractivity contribution is -0.121. The number of amides is 1. The van der Waals surface area contributed by atoms with Gasteiger partial charge in [-0.2, -0.15) is 0 Å². The zero-order valence-corrected chi connectivity index (χ0v) is 14.1. The van der Waals surface area contributed by atoms with E-state index in [1.165, 1.54) is 0 Å². The van der Waals surface area contributed by atoms with E-state index >= 15 is 0 Å². The van der Waals surface area contributed by atoms with Crippen molar-refractivity contribution in [2.75, 3.05) is 0 Å². The molecule has 0 aliphatic carbocycles. The van der Waals surface area contributed by atoms with Gasteiger partial charge in [0.15, 0.2) is 0 Å². The van der Waals surface area contributed by atoms with Crippen molar-refractivity contribution in [3.63, 3.8) is 0 Å². The number of carbonyl (C=O) groups excluding carboxylic acids is 1. The van der Waals surface area contributed by atoms with Crippen molar-refractivity contribution in [1.29, 1.82) is 0 Å². The molecule has 0 bridgehead atoms. The van der Waals surface area contributed by atoms with Crippen LogP contribution in [0.25, 0.3) is 11.0 Å². The Morgan fingerprint density at radius 2 is 2.12 bits per heavy atom. The average molecular weight is 327 g/mol. The van der Waals surface area contributed by atoms with Crippen LogP contribution in [0, 0.1) is 13.8 Å². The van der Waals surface area contributed by atoms with E-state index in [1.54, 1.807) is 0 Å².